The summed E-state index contributed by atoms with van der Waals surface area (Å²) < 4.78 is 5.28. The molecule has 2 N–H and O–H groups in total. The quantitative estimate of drug-likeness (QED) is 0.759. The number of carboxylic acids is 1. The molecule has 2 unspecified atom stereocenters. The maximum atomic E-state index is 12.3. The first-order chi connectivity index (χ1) is 11.0. The lowest BCUT2D eigenvalue weighted by Gasteiger charge is -2.17. The van der Waals surface area contributed by atoms with Crippen LogP contribution in [0.15, 0.2) is 52.0 Å². The molecule has 0 saturated carbocycles. The zero-order valence-electron chi connectivity index (χ0n) is 13.0. The molecule has 2 atom stereocenters. The molecule has 23 heavy (non-hydrogen) atoms. The maximum Gasteiger partial charge on any atom is 0.308 e. The summed E-state index contributed by atoms with van der Waals surface area (Å²) in [5.74, 6) is -1.17. The second-order valence-corrected chi connectivity index (χ2v) is 6.31. The Morgan fingerprint density at radius 3 is 2.57 bits per heavy atom. The monoisotopic (exact) mass is 333 g/mol. The number of nitrogens with one attached hydrogen (secondary N) is 1. The Morgan fingerprint density at radius 2 is 1.91 bits per heavy atom. The molecule has 1 heterocycles. The highest BCUT2D eigenvalue weighted by atomic mass is 32.2. The summed E-state index contributed by atoms with van der Waals surface area (Å²) in [6.07, 6.45) is 1.47. The largest absolute Gasteiger partial charge is 0.481 e. The van der Waals surface area contributed by atoms with E-state index in [1.165, 1.54) is 6.26 Å². The Labute approximate surface area is 139 Å². The number of amides is 1. The summed E-state index contributed by atoms with van der Waals surface area (Å²) in [5, 5.41) is 11.7. The average molecular weight is 333 g/mol. The van der Waals surface area contributed by atoms with Crippen molar-refractivity contribution in [1.29, 1.82) is 0 Å². The summed E-state index contributed by atoms with van der Waals surface area (Å²) in [6.45, 7) is 3.22. The molecular weight excluding hydrogens is 314 g/mol. The van der Waals surface area contributed by atoms with Crippen molar-refractivity contribution < 1.29 is 19.1 Å². The third kappa shape index (κ3) is 4.63. The standard InChI is InChI=1S/C17H19NO4S/c1-11(17(20)21)12(2)18-16(19)15-13(8-9-22-15)10-23-14-6-4-3-5-7-14/h3-9,11-12H,10H2,1-2H3,(H,18,19)(H,20,21). The van der Waals surface area contributed by atoms with Crippen LogP contribution >= 0.6 is 11.8 Å². The van der Waals surface area contributed by atoms with Crippen LogP contribution in [-0.4, -0.2) is 23.0 Å². The van der Waals surface area contributed by atoms with E-state index < -0.39 is 17.9 Å². The van der Waals surface area contributed by atoms with E-state index in [-0.39, 0.29) is 11.7 Å². The van der Waals surface area contributed by atoms with Gasteiger partial charge in [-0.3, -0.25) is 9.59 Å². The Balaban J connectivity index is 1.99. The van der Waals surface area contributed by atoms with Gasteiger partial charge in [-0.15, -0.1) is 11.8 Å². The molecule has 0 aliphatic carbocycles. The molecular formula is C17H19NO4S. The number of carbonyl (C=O) groups is 2. The smallest absolute Gasteiger partial charge is 0.308 e. The number of hydrogen-bond acceptors (Lipinski definition) is 4. The fourth-order valence-electron chi connectivity index (χ4n) is 1.94. The number of benzene rings is 1. The molecule has 6 heteroatoms. The summed E-state index contributed by atoms with van der Waals surface area (Å²) in [4.78, 5) is 24.3. The number of rotatable bonds is 7. The van der Waals surface area contributed by atoms with Gasteiger partial charge < -0.3 is 14.8 Å². The lowest BCUT2D eigenvalue weighted by atomic mass is 10.0. The normalized spacial score (nSPS) is 13.3. The molecule has 5 nitrogen and oxygen atoms in total. The van der Waals surface area contributed by atoms with Gasteiger partial charge in [0.15, 0.2) is 5.76 Å². The van der Waals surface area contributed by atoms with Gasteiger partial charge in [-0.1, -0.05) is 18.2 Å². The van der Waals surface area contributed by atoms with Gasteiger partial charge in [0.1, 0.15) is 0 Å². The van der Waals surface area contributed by atoms with Crippen LogP contribution in [0.25, 0.3) is 0 Å². The van der Waals surface area contributed by atoms with Crippen molar-refractivity contribution in [2.24, 2.45) is 5.92 Å². The first kappa shape index (κ1) is 17.1. The van der Waals surface area contributed by atoms with Crippen LogP contribution in [0.2, 0.25) is 0 Å². The van der Waals surface area contributed by atoms with Crippen LogP contribution < -0.4 is 5.32 Å². The predicted molar refractivity (Wildman–Crippen MR) is 88.4 cm³/mol. The zero-order chi connectivity index (χ0) is 16.8. The highest BCUT2D eigenvalue weighted by Crippen LogP contribution is 2.25. The van der Waals surface area contributed by atoms with Crippen molar-refractivity contribution in [3.05, 3.63) is 54.0 Å². The van der Waals surface area contributed by atoms with E-state index in [0.717, 1.165) is 10.5 Å². The van der Waals surface area contributed by atoms with Crippen LogP contribution in [0, 0.1) is 5.92 Å². The minimum absolute atomic E-state index is 0.234. The van der Waals surface area contributed by atoms with E-state index >= 15 is 0 Å². The maximum absolute atomic E-state index is 12.3. The van der Waals surface area contributed by atoms with Gasteiger partial charge in [0, 0.05) is 22.3 Å². The van der Waals surface area contributed by atoms with Crippen LogP contribution in [0.3, 0.4) is 0 Å². The van der Waals surface area contributed by atoms with Crippen LogP contribution in [-0.2, 0) is 10.5 Å². The SMILES string of the molecule is CC(NC(=O)c1occc1CSc1ccccc1)C(C)C(=O)O. The Kier molecular flexibility index (Phi) is 5.87. The summed E-state index contributed by atoms with van der Waals surface area (Å²) >= 11 is 1.61. The summed E-state index contributed by atoms with van der Waals surface area (Å²) in [5.41, 5.74) is 0.784. The van der Waals surface area contributed by atoms with Crippen molar-refractivity contribution >= 4 is 23.6 Å². The lowest BCUT2D eigenvalue weighted by molar-refractivity contribution is -0.141. The van der Waals surface area contributed by atoms with Gasteiger partial charge in [0.2, 0.25) is 0 Å². The van der Waals surface area contributed by atoms with E-state index in [0.29, 0.717) is 5.75 Å². The molecule has 2 rings (SSSR count). The molecule has 0 aliphatic heterocycles. The molecule has 0 aliphatic rings. The first-order valence-electron chi connectivity index (χ1n) is 7.27. The van der Waals surface area contributed by atoms with Gasteiger partial charge in [-0.05, 0) is 32.0 Å². The van der Waals surface area contributed by atoms with Crippen molar-refractivity contribution in [2.75, 3.05) is 0 Å². The summed E-state index contributed by atoms with van der Waals surface area (Å²) in [6, 6.07) is 11.1. The molecule has 122 valence electrons. The van der Waals surface area contributed by atoms with Gasteiger partial charge in [-0.25, -0.2) is 0 Å². The second-order valence-electron chi connectivity index (χ2n) is 5.27. The number of furan rings is 1. The number of hydrogen-bond donors (Lipinski definition) is 2. The predicted octanol–water partition coefficient (Wildman–Crippen LogP) is 3.41. The molecule has 0 spiro atoms. The minimum atomic E-state index is -0.947. The number of carboxylic acid groups (broad SMARTS) is 1. The molecule has 1 aromatic carbocycles. The van der Waals surface area contributed by atoms with Gasteiger partial charge in [-0.2, -0.15) is 0 Å². The molecule has 1 aromatic heterocycles. The van der Waals surface area contributed by atoms with Gasteiger partial charge in [0.05, 0.1) is 12.2 Å². The number of thioether (sulfide) groups is 1. The van der Waals surface area contributed by atoms with Crippen molar-refractivity contribution in [3.8, 4) is 0 Å². The summed E-state index contributed by atoms with van der Waals surface area (Å²) in [7, 11) is 0. The molecule has 0 bridgehead atoms. The first-order valence-corrected chi connectivity index (χ1v) is 8.25. The van der Waals surface area contributed by atoms with Gasteiger partial charge in [0.25, 0.3) is 5.91 Å². The van der Waals surface area contributed by atoms with E-state index in [9.17, 15) is 9.59 Å². The Bertz CT molecular complexity index is 668. The highest BCUT2D eigenvalue weighted by molar-refractivity contribution is 7.98. The van der Waals surface area contributed by atoms with E-state index in [1.54, 1.807) is 31.7 Å². The highest BCUT2D eigenvalue weighted by Gasteiger charge is 2.24. The van der Waals surface area contributed by atoms with E-state index in [4.69, 9.17) is 9.52 Å². The molecule has 2 aromatic rings. The average Bonchev–Trinajstić information content (AvgIpc) is 3.01. The van der Waals surface area contributed by atoms with Crippen molar-refractivity contribution in [3.63, 3.8) is 0 Å². The molecule has 0 saturated heterocycles. The Hall–Kier alpha value is -2.21. The molecule has 1 amide bonds. The van der Waals surface area contributed by atoms with Crippen molar-refractivity contribution in [2.45, 2.75) is 30.5 Å². The zero-order valence-corrected chi connectivity index (χ0v) is 13.8. The minimum Gasteiger partial charge on any atom is -0.481 e. The third-order valence-corrected chi connectivity index (χ3v) is 4.65. The van der Waals surface area contributed by atoms with E-state index in [1.807, 2.05) is 30.3 Å². The van der Waals surface area contributed by atoms with Crippen molar-refractivity contribution in [1.82, 2.24) is 5.32 Å². The molecule has 0 fully saturated rings. The van der Waals surface area contributed by atoms with Gasteiger partial charge >= 0.3 is 5.97 Å². The fourth-order valence-corrected chi connectivity index (χ4v) is 2.84. The lowest BCUT2D eigenvalue weighted by Crippen LogP contribution is -2.40. The molecule has 0 radical (unpaired) electrons. The third-order valence-electron chi connectivity index (χ3n) is 3.59. The van der Waals surface area contributed by atoms with Crippen LogP contribution in [0.5, 0.6) is 0 Å². The van der Waals surface area contributed by atoms with E-state index in [2.05, 4.69) is 5.32 Å². The Morgan fingerprint density at radius 1 is 1.22 bits per heavy atom. The van der Waals surface area contributed by atoms with Crippen LogP contribution in [0.1, 0.15) is 30.0 Å². The second kappa shape index (κ2) is 7.87. The number of carbonyl (C=O) groups excluding carboxylic acids is 1. The topological polar surface area (TPSA) is 79.5 Å². The van der Waals surface area contributed by atoms with Crippen LogP contribution in [0.4, 0.5) is 0 Å². The fraction of sp³-hybridized carbons (Fsp3) is 0.294. The number of aliphatic carboxylic acids is 1.